The first-order valence-corrected chi connectivity index (χ1v) is 7.53. The van der Waals surface area contributed by atoms with E-state index in [0.29, 0.717) is 6.04 Å². The lowest BCUT2D eigenvalue weighted by molar-refractivity contribution is 0.157. The van der Waals surface area contributed by atoms with Crippen LogP contribution in [0.1, 0.15) is 35.5 Å². The summed E-state index contributed by atoms with van der Waals surface area (Å²) in [5, 5.41) is 15.5. The van der Waals surface area contributed by atoms with E-state index in [1.54, 1.807) is 11.3 Å². The van der Waals surface area contributed by atoms with E-state index in [1.165, 1.54) is 11.1 Å². The number of aliphatic hydroxyl groups excluding tert-OH is 1. The fourth-order valence-electron chi connectivity index (χ4n) is 2.01. The molecule has 0 bridgehead atoms. The molecule has 1 aromatic heterocycles. The van der Waals surface area contributed by atoms with Crippen LogP contribution < -0.4 is 5.32 Å². The van der Waals surface area contributed by atoms with E-state index >= 15 is 0 Å². The highest BCUT2D eigenvalue weighted by atomic mass is 32.1. The molecule has 102 valence electrons. The molecule has 2 aromatic rings. The highest BCUT2D eigenvalue weighted by molar-refractivity contribution is 7.10. The van der Waals surface area contributed by atoms with Crippen molar-refractivity contribution in [2.75, 3.05) is 0 Å². The van der Waals surface area contributed by atoms with Crippen LogP contribution in [0.2, 0.25) is 0 Å². The van der Waals surface area contributed by atoms with Gasteiger partial charge in [-0.25, -0.2) is 0 Å². The van der Waals surface area contributed by atoms with Gasteiger partial charge in [-0.05, 0) is 37.3 Å². The van der Waals surface area contributed by atoms with Gasteiger partial charge in [0.2, 0.25) is 0 Å². The van der Waals surface area contributed by atoms with Crippen molar-refractivity contribution in [1.29, 1.82) is 0 Å². The Morgan fingerprint density at radius 1 is 1.21 bits per heavy atom. The first-order valence-electron chi connectivity index (χ1n) is 6.65. The minimum Gasteiger partial charge on any atom is -0.388 e. The molecule has 0 amide bonds. The third-order valence-electron chi connectivity index (χ3n) is 3.22. The summed E-state index contributed by atoms with van der Waals surface area (Å²) in [6.45, 7) is 5.06. The Labute approximate surface area is 119 Å². The van der Waals surface area contributed by atoms with Crippen molar-refractivity contribution in [3.05, 3.63) is 57.8 Å². The molecule has 0 radical (unpaired) electrons. The van der Waals surface area contributed by atoms with Gasteiger partial charge in [-0.15, -0.1) is 11.3 Å². The summed E-state index contributed by atoms with van der Waals surface area (Å²) in [5.41, 5.74) is 2.56. The number of benzene rings is 1. The Morgan fingerprint density at radius 3 is 2.58 bits per heavy atom. The van der Waals surface area contributed by atoms with Crippen molar-refractivity contribution in [1.82, 2.24) is 5.32 Å². The minimum atomic E-state index is -0.361. The Bertz CT molecular complexity index is 478. The van der Waals surface area contributed by atoms with Crippen molar-refractivity contribution in [2.24, 2.45) is 0 Å². The highest BCUT2D eigenvalue weighted by Crippen LogP contribution is 2.22. The number of nitrogens with one attached hydrogen (secondary N) is 1. The van der Waals surface area contributed by atoms with Gasteiger partial charge in [0.15, 0.2) is 0 Å². The van der Waals surface area contributed by atoms with Crippen LogP contribution in [0.3, 0.4) is 0 Å². The third-order valence-corrected chi connectivity index (χ3v) is 4.20. The minimum absolute atomic E-state index is 0.290. The molecule has 3 heteroatoms. The molecule has 0 saturated heterocycles. The number of hydrogen-bond donors (Lipinski definition) is 2. The standard InChI is InChI=1S/C16H21NOS/c1-12-5-7-14(8-6-12)11-17-13(2)10-15(18)16-4-3-9-19-16/h3-9,13,15,17-18H,10-11H2,1-2H3. The van der Waals surface area contributed by atoms with E-state index in [1.807, 2.05) is 17.5 Å². The maximum atomic E-state index is 10.1. The lowest BCUT2D eigenvalue weighted by Crippen LogP contribution is -2.27. The van der Waals surface area contributed by atoms with Crippen LogP contribution in [-0.4, -0.2) is 11.1 Å². The third kappa shape index (κ3) is 4.46. The van der Waals surface area contributed by atoms with Gasteiger partial charge in [0.1, 0.15) is 0 Å². The van der Waals surface area contributed by atoms with Crippen LogP contribution in [0.15, 0.2) is 41.8 Å². The zero-order valence-corrected chi connectivity index (χ0v) is 12.3. The van der Waals surface area contributed by atoms with Crippen molar-refractivity contribution in [3.63, 3.8) is 0 Å². The van der Waals surface area contributed by atoms with E-state index in [-0.39, 0.29) is 6.10 Å². The molecule has 19 heavy (non-hydrogen) atoms. The van der Waals surface area contributed by atoms with Crippen molar-refractivity contribution >= 4 is 11.3 Å². The van der Waals surface area contributed by atoms with E-state index in [4.69, 9.17) is 0 Å². The highest BCUT2D eigenvalue weighted by Gasteiger charge is 2.12. The lowest BCUT2D eigenvalue weighted by atomic mass is 10.1. The fraction of sp³-hybridized carbons (Fsp3) is 0.375. The largest absolute Gasteiger partial charge is 0.388 e. The molecule has 0 aliphatic heterocycles. The van der Waals surface area contributed by atoms with Gasteiger partial charge >= 0.3 is 0 Å². The summed E-state index contributed by atoms with van der Waals surface area (Å²) in [7, 11) is 0. The predicted octanol–water partition coefficient (Wildman–Crippen LogP) is 3.66. The second kappa shape index (κ2) is 6.85. The monoisotopic (exact) mass is 275 g/mol. The average molecular weight is 275 g/mol. The van der Waals surface area contributed by atoms with Gasteiger partial charge in [0.05, 0.1) is 6.10 Å². The van der Waals surface area contributed by atoms with Crippen LogP contribution in [0, 0.1) is 6.92 Å². The Balaban J connectivity index is 1.78. The summed E-state index contributed by atoms with van der Waals surface area (Å²) < 4.78 is 0. The molecule has 1 heterocycles. The van der Waals surface area contributed by atoms with Gasteiger partial charge in [-0.2, -0.15) is 0 Å². The lowest BCUT2D eigenvalue weighted by Gasteiger charge is -2.17. The number of aliphatic hydroxyl groups is 1. The SMILES string of the molecule is Cc1ccc(CNC(C)CC(O)c2cccs2)cc1. The van der Waals surface area contributed by atoms with Gasteiger partial charge in [-0.1, -0.05) is 35.9 Å². The molecule has 2 rings (SSSR count). The van der Waals surface area contributed by atoms with Crippen LogP contribution in [0.5, 0.6) is 0 Å². The van der Waals surface area contributed by atoms with Gasteiger partial charge in [-0.3, -0.25) is 0 Å². The van der Waals surface area contributed by atoms with Gasteiger partial charge < -0.3 is 10.4 Å². The second-order valence-electron chi connectivity index (χ2n) is 5.03. The van der Waals surface area contributed by atoms with Crippen molar-refractivity contribution in [3.8, 4) is 0 Å². The van der Waals surface area contributed by atoms with Crippen LogP contribution in [0.4, 0.5) is 0 Å². The Kier molecular flexibility index (Phi) is 5.14. The summed E-state index contributed by atoms with van der Waals surface area (Å²) in [5.74, 6) is 0. The summed E-state index contributed by atoms with van der Waals surface area (Å²) in [6, 6.07) is 12.8. The second-order valence-corrected chi connectivity index (χ2v) is 6.01. The van der Waals surface area contributed by atoms with E-state index in [0.717, 1.165) is 17.8 Å². The van der Waals surface area contributed by atoms with E-state index < -0.39 is 0 Å². The van der Waals surface area contributed by atoms with Gasteiger partial charge in [0, 0.05) is 17.5 Å². The smallest absolute Gasteiger partial charge is 0.0896 e. The molecule has 2 nitrogen and oxygen atoms in total. The molecule has 2 unspecified atom stereocenters. The average Bonchev–Trinajstić information content (AvgIpc) is 2.92. The summed E-state index contributed by atoms with van der Waals surface area (Å²) in [6.07, 6.45) is 0.382. The quantitative estimate of drug-likeness (QED) is 0.843. The molecule has 0 aliphatic rings. The zero-order chi connectivity index (χ0) is 13.7. The molecule has 1 aromatic carbocycles. The van der Waals surface area contributed by atoms with Crippen LogP contribution in [-0.2, 0) is 6.54 Å². The zero-order valence-electron chi connectivity index (χ0n) is 11.5. The number of hydrogen-bond acceptors (Lipinski definition) is 3. The number of aryl methyl sites for hydroxylation is 1. The summed E-state index contributed by atoms with van der Waals surface area (Å²) >= 11 is 1.61. The maximum absolute atomic E-state index is 10.1. The molecule has 0 aliphatic carbocycles. The topological polar surface area (TPSA) is 32.3 Å². The van der Waals surface area contributed by atoms with Crippen molar-refractivity contribution < 1.29 is 5.11 Å². The number of rotatable bonds is 6. The maximum Gasteiger partial charge on any atom is 0.0896 e. The van der Waals surface area contributed by atoms with Crippen molar-refractivity contribution in [2.45, 2.75) is 39.0 Å². The molecular formula is C16H21NOS. The molecule has 0 spiro atoms. The summed E-state index contributed by atoms with van der Waals surface area (Å²) in [4.78, 5) is 1.05. The molecule has 0 saturated carbocycles. The van der Waals surface area contributed by atoms with E-state index in [2.05, 4.69) is 43.4 Å². The van der Waals surface area contributed by atoms with Crippen LogP contribution >= 0.6 is 11.3 Å². The number of thiophene rings is 1. The van der Waals surface area contributed by atoms with E-state index in [9.17, 15) is 5.11 Å². The first-order chi connectivity index (χ1) is 9.15. The van der Waals surface area contributed by atoms with Gasteiger partial charge in [0.25, 0.3) is 0 Å². The molecule has 0 fully saturated rings. The fourth-order valence-corrected chi connectivity index (χ4v) is 2.74. The predicted molar refractivity (Wildman–Crippen MR) is 81.4 cm³/mol. The van der Waals surface area contributed by atoms with Crippen LogP contribution in [0.25, 0.3) is 0 Å². The molecule has 2 N–H and O–H groups in total. The first kappa shape index (κ1) is 14.3. The Morgan fingerprint density at radius 2 is 1.95 bits per heavy atom. The normalized spacial score (nSPS) is 14.3. The Hall–Kier alpha value is -1.16. The molecule has 2 atom stereocenters. The molecular weight excluding hydrogens is 254 g/mol.